The SMILES string of the molecule is Cc1nnc(SCC(=O)N(Cc2ccccc2)c2nc3c(s2)CCCC3)n1Cc1ccccc1. The zero-order valence-electron chi connectivity index (χ0n) is 19.2. The Hall–Kier alpha value is -2.97. The fourth-order valence-electron chi connectivity index (χ4n) is 4.10. The fraction of sp³-hybridized carbons (Fsp3) is 0.308. The first kappa shape index (κ1) is 22.8. The Balaban J connectivity index is 1.35. The van der Waals surface area contributed by atoms with E-state index in [1.54, 1.807) is 11.3 Å². The van der Waals surface area contributed by atoms with Crippen LogP contribution in [0.4, 0.5) is 5.13 Å². The van der Waals surface area contributed by atoms with Crippen LogP contribution in [0.25, 0.3) is 0 Å². The Morgan fingerprint density at radius 3 is 2.44 bits per heavy atom. The molecule has 2 heterocycles. The number of rotatable bonds is 8. The standard InChI is InChI=1S/C26H27N5OS2/c1-19-28-29-26(30(19)16-20-10-4-2-5-11-20)33-18-24(32)31(17-21-12-6-3-7-13-21)25-27-22-14-8-9-15-23(22)34-25/h2-7,10-13H,8-9,14-18H2,1H3. The van der Waals surface area contributed by atoms with Gasteiger partial charge in [-0.2, -0.15) is 0 Å². The quantitative estimate of drug-likeness (QED) is 0.315. The van der Waals surface area contributed by atoms with E-state index in [9.17, 15) is 4.79 Å². The van der Waals surface area contributed by atoms with Crippen LogP contribution in [0.2, 0.25) is 0 Å². The van der Waals surface area contributed by atoms with Crippen molar-refractivity contribution in [3.63, 3.8) is 0 Å². The molecule has 0 saturated heterocycles. The van der Waals surface area contributed by atoms with Crippen LogP contribution in [0.5, 0.6) is 0 Å². The average Bonchev–Trinajstić information content (AvgIpc) is 3.46. The van der Waals surface area contributed by atoms with E-state index in [1.165, 1.54) is 40.7 Å². The molecular formula is C26H27N5OS2. The van der Waals surface area contributed by atoms with E-state index in [0.717, 1.165) is 34.5 Å². The van der Waals surface area contributed by atoms with Gasteiger partial charge in [-0.3, -0.25) is 9.69 Å². The van der Waals surface area contributed by atoms with Crippen LogP contribution in [-0.2, 0) is 30.7 Å². The van der Waals surface area contributed by atoms with Crippen LogP contribution in [-0.4, -0.2) is 31.4 Å². The third-order valence-electron chi connectivity index (χ3n) is 5.96. The number of aryl methyl sites for hydroxylation is 3. The van der Waals surface area contributed by atoms with Crippen LogP contribution < -0.4 is 4.90 Å². The fourth-order valence-corrected chi connectivity index (χ4v) is 6.13. The summed E-state index contributed by atoms with van der Waals surface area (Å²) >= 11 is 3.11. The topological polar surface area (TPSA) is 63.9 Å². The Kier molecular flexibility index (Phi) is 7.06. The molecule has 0 saturated carbocycles. The lowest BCUT2D eigenvalue weighted by molar-refractivity contribution is -0.116. The second-order valence-electron chi connectivity index (χ2n) is 8.43. The molecule has 0 radical (unpaired) electrons. The molecule has 0 atom stereocenters. The maximum absolute atomic E-state index is 13.5. The van der Waals surface area contributed by atoms with E-state index >= 15 is 0 Å². The molecule has 6 nitrogen and oxygen atoms in total. The monoisotopic (exact) mass is 489 g/mol. The molecule has 0 unspecified atom stereocenters. The summed E-state index contributed by atoms with van der Waals surface area (Å²) in [5.41, 5.74) is 3.44. The van der Waals surface area contributed by atoms with E-state index < -0.39 is 0 Å². The zero-order chi connectivity index (χ0) is 23.3. The van der Waals surface area contributed by atoms with Gasteiger partial charge in [-0.1, -0.05) is 72.4 Å². The van der Waals surface area contributed by atoms with Gasteiger partial charge in [0, 0.05) is 4.88 Å². The van der Waals surface area contributed by atoms with E-state index in [-0.39, 0.29) is 11.7 Å². The van der Waals surface area contributed by atoms with Crippen molar-refractivity contribution < 1.29 is 4.79 Å². The number of thioether (sulfide) groups is 1. The van der Waals surface area contributed by atoms with Crippen molar-refractivity contribution in [2.75, 3.05) is 10.7 Å². The molecule has 0 spiro atoms. The number of benzene rings is 2. The first-order valence-electron chi connectivity index (χ1n) is 11.6. The molecule has 174 valence electrons. The van der Waals surface area contributed by atoms with E-state index in [0.29, 0.717) is 13.1 Å². The van der Waals surface area contributed by atoms with Crippen molar-refractivity contribution in [1.29, 1.82) is 0 Å². The highest BCUT2D eigenvalue weighted by molar-refractivity contribution is 7.99. The molecule has 1 amide bonds. The minimum atomic E-state index is 0.0341. The second kappa shape index (κ2) is 10.5. The molecule has 1 aliphatic rings. The van der Waals surface area contributed by atoms with Crippen molar-refractivity contribution >= 4 is 34.1 Å². The number of aromatic nitrogens is 4. The molecule has 2 aromatic carbocycles. The van der Waals surface area contributed by atoms with Crippen molar-refractivity contribution in [3.05, 3.63) is 88.2 Å². The van der Waals surface area contributed by atoms with E-state index in [2.05, 4.69) is 39.0 Å². The predicted octanol–water partition coefficient (Wildman–Crippen LogP) is 5.30. The van der Waals surface area contributed by atoms with Gasteiger partial charge in [0.1, 0.15) is 5.82 Å². The number of amides is 1. The van der Waals surface area contributed by atoms with Crippen LogP contribution in [0, 0.1) is 6.92 Å². The maximum Gasteiger partial charge on any atom is 0.239 e. The number of nitrogens with zero attached hydrogens (tertiary/aromatic N) is 5. The smallest absolute Gasteiger partial charge is 0.239 e. The summed E-state index contributed by atoms with van der Waals surface area (Å²) in [4.78, 5) is 21.6. The molecule has 0 fully saturated rings. The van der Waals surface area contributed by atoms with Gasteiger partial charge in [-0.05, 0) is 43.7 Å². The first-order valence-corrected chi connectivity index (χ1v) is 13.4. The molecule has 34 heavy (non-hydrogen) atoms. The zero-order valence-corrected chi connectivity index (χ0v) is 20.8. The van der Waals surface area contributed by atoms with Gasteiger partial charge in [0.2, 0.25) is 5.91 Å². The van der Waals surface area contributed by atoms with Crippen LogP contribution in [0.3, 0.4) is 0 Å². The predicted molar refractivity (Wildman–Crippen MR) is 137 cm³/mol. The normalized spacial score (nSPS) is 13.0. The Labute approximate surface area is 208 Å². The minimum Gasteiger partial charge on any atom is -0.302 e. The summed E-state index contributed by atoms with van der Waals surface area (Å²) in [6.45, 7) is 3.15. The lowest BCUT2D eigenvalue weighted by atomic mass is 10.0. The Bertz CT molecular complexity index is 1230. The summed E-state index contributed by atoms with van der Waals surface area (Å²) in [5.74, 6) is 1.16. The van der Waals surface area contributed by atoms with E-state index in [1.807, 2.05) is 48.2 Å². The van der Waals surface area contributed by atoms with Gasteiger partial charge in [0.25, 0.3) is 0 Å². The summed E-state index contributed by atoms with van der Waals surface area (Å²) in [5, 5.41) is 10.2. The summed E-state index contributed by atoms with van der Waals surface area (Å²) in [7, 11) is 0. The molecule has 0 aliphatic heterocycles. The van der Waals surface area contributed by atoms with Gasteiger partial charge >= 0.3 is 0 Å². The van der Waals surface area contributed by atoms with Crippen molar-refractivity contribution in [2.24, 2.45) is 0 Å². The number of carbonyl (C=O) groups is 1. The second-order valence-corrected chi connectivity index (χ2v) is 10.4. The highest BCUT2D eigenvalue weighted by Crippen LogP contribution is 2.33. The number of thiazole rings is 1. The number of hydrogen-bond acceptors (Lipinski definition) is 6. The molecule has 5 rings (SSSR count). The summed E-state index contributed by atoms with van der Waals surface area (Å²) in [6, 6.07) is 20.4. The highest BCUT2D eigenvalue weighted by atomic mass is 32.2. The van der Waals surface area contributed by atoms with E-state index in [4.69, 9.17) is 4.98 Å². The Morgan fingerprint density at radius 2 is 1.71 bits per heavy atom. The summed E-state index contributed by atoms with van der Waals surface area (Å²) in [6.07, 6.45) is 4.45. The molecule has 0 bridgehead atoms. The molecule has 4 aromatic rings. The van der Waals surface area contributed by atoms with Gasteiger partial charge in [-0.15, -0.1) is 21.5 Å². The lowest BCUT2D eigenvalue weighted by Crippen LogP contribution is -2.32. The highest BCUT2D eigenvalue weighted by Gasteiger charge is 2.24. The Morgan fingerprint density at radius 1 is 1.00 bits per heavy atom. The maximum atomic E-state index is 13.5. The number of hydrogen-bond donors (Lipinski definition) is 0. The van der Waals surface area contributed by atoms with Gasteiger partial charge in [0.15, 0.2) is 10.3 Å². The number of fused-ring (bicyclic) bond motifs is 1. The average molecular weight is 490 g/mol. The lowest BCUT2D eigenvalue weighted by Gasteiger charge is -2.20. The first-order chi connectivity index (χ1) is 16.7. The molecule has 1 aliphatic carbocycles. The third kappa shape index (κ3) is 5.23. The largest absolute Gasteiger partial charge is 0.302 e. The molecular weight excluding hydrogens is 462 g/mol. The van der Waals surface area contributed by atoms with Crippen LogP contribution in [0.1, 0.15) is 40.4 Å². The minimum absolute atomic E-state index is 0.0341. The van der Waals surface area contributed by atoms with Crippen LogP contribution >= 0.6 is 23.1 Å². The van der Waals surface area contributed by atoms with Crippen molar-refractivity contribution in [3.8, 4) is 0 Å². The van der Waals surface area contributed by atoms with Crippen molar-refractivity contribution in [1.82, 2.24) is 19.7 Å². The van der Waals surface area contributed by atoms with Gasteiger partial charge in [0.05, 0.1) is 24.5 Å². The van der Waals surface area contributed by atoms with Crippen LogP contribution in [0.15, 0.2) is 65.8 Å². The third-order valence-corrected chi connectivity index (χ3v) is 8.09. The van der Waals surface area contributed by atoms with Gasteiger partial charge in [-0.25, -0.2) is 4.98 Å². The number of anilines is 1. The van der Waals surface area contributed by atoms with Gasteiger partial charge < -0.3 is 4.57 Å². The number of carbonyl (C=O) groups excluding carboxylic acids is 1. The van der Waals surface area contributed by atoms with Crippen molar-refractivity contribution in [2.45, 2.75) is 50.9 Å². The molecule has 2 aromatic heterocycles. The summed E-state index contributed by atoms with van der Waals surface area (Å²) < 4.78 is 2.07. The molecule has 8 heteroatoms. The molecule has 0 N–H and O–H groups in total.